The van der Waals surface area contributed by atoms with Gasteiger partial charge in [-0.25, -0.2) is 0 Å². The first kappa shape index (κ1) is 21.5. The largest absolute Gasteiger partial charge is 0.502 e. The first-order chi connectivity index (χ1) is 15.2. The van der Waals surface area contributed by atoms with Gasteiger partial charge in [-0.3, -0.25) is 19.3 Å². The molecule has 3 aromatic rings. The molecule has 0 radical (unpaired) electrons. The first-order valence-corrected chi connectivity index (χ1v) is 9.89. The van der Waals surface area contributed by atoms with Crippen molar-refractivity contribution in [2.45, 2.75) is 25.2 Å². The predicted octanol–water partition coefficient (Wildman–Crippen LogP) is 3.65. The van der Waals surface area contributed by atoms with Crippen molar-refractivity contribution < 1.29 is 23.1 Å². The molecule has 1 aliphatic heterocycles. The summed E-state index contributed by atoms with van der Waals surface area (Å²) in [6.45, 7) is 0.465. The summed E-state index contributed by atoms with van der Waals surface area (Å²) in [6.07, 6.45) is -3.40. The van der Waals surface area contributed by atoms with Crippen molar-refractivity contribution in [3.05, 3.63) is 100.0 Å². The highest BCUT2D eigenvalue weighted by atomic mass is 19.4. The molecule has 0 bridgehead atoms. The Morgan fingerprint density at radius 2 is 1.44 bits per heavy atom. The molecule has 0 saturated carbocycles. The van der Waals surface area contributed by atoms with E-state index in [9.17, 15) is 27.9 Å². The van der Waals surface area contributed by atoms with Crippen LogP contribution < -0.4 is 10.4 Å². The maximum atomic E-state index is 13.6. The minimum atomic E-state index is -4.69. The lowest BCUT2D eigenvalue weighted by molar-refractivity contribution is -0.173. The van der Waals surface area contributed by atoms with Crippen LogP contribution in [0.5, 0.6) is 5.75 Å². The first-order valence-electron chi connectivity index (χ1n) is 9.89. The summed E-state index contributed by atoms with van der Waals surface area (Å²) in [7, 11) is 0. The van der Waals surface area contributed by atoms with E-state index in [0.29, 0.717) is 4.90 Å². The Hall–Kier alpha value is -3.75. The summed E-state index contributed by atoms with van der Waals surface area (Å²) in [5.74, 6) is -1.96. The molecule has 1 atom stereocenters. The van der Waals surface area contributed by atoms with Gasteiger partial charge in [0.2, 0.25) is 5.43 Å². The van der Waals surface area contributed by atoms with E-state index in [4.69, 9.17) is 0 Å². The van der Waals surface area contributed by atoms with E-state index in [1.807, 2.05) is 36.4 Å². The van der Waals surface area contributed by atoms with Crippen molar-refractivity contribution in [3.63, 3.8) is 0 Å². The summed E-state index contributed by atoms with van der Waals surface area (Å²) in [6, 6.07) is 16.5. The van der Waals surface area contributed by atoms with Crippen LogP contribution in [0.3, 0.4) is 0 Å². The van der Waals surface area contributed by atoms with Gasteiger partial charge in [0.05, 0.1) is 6.04 Å². The number of benzene rings is 2. The number of fused-ring (bicyclic) bond motifs is 1. The Bertz CT molecular complexity index is 1140. The average Bonchev–Trinajstić information content (AvgIpc) is 2.78. The predicted molar refractivity (Wildman–Crippen MR) is 112 cm³/mol. The van der Waals surface area contributed by atoms with Crippen LogP contribution in [0.15, 0.2) is 77.7 Å². The Morgan fingerprint density at radius 3 is 1.94 bits per heavy atom. The molecule has 0 unspecified atom stereocenters. The number of carbonyl (C=O) groups excluding carboxylic acids is 1. The maximum Gasteiger partial charge on any atom is 0.408 e. The topological polar surface area (TPSA) is 65.8 Å². The lowest BCUT2D eigenvalue weighted by Crippen LogP contribution is -2.60. The number of hydrogen-bond donors (Lipinski definition) is 1. The zero-order valence-corrected chi connectivity index (χ0v) is 17.0. The van der Waals surface area contributed by atoms with E-state index in [-0.39, 0.29) is 0 Å². The van der Waals surface area contributed by atoms with Crippen molar-refractivity contribution in [1.29, 1.82) is 0 Å². The van der Waals surface area contributed by atoms with Gasteiger partial charge in [0, 0.05) is 12.3 Å². The lowest BCUT2D eigenvalue weighted by Gasteiger charge is -2.45. The number of nitrogens with zero attached hydrogens (tertiary/aromatic N) is 3. The molecule has 32 heavy (non-hydrogen) atoms. The normalized spacial score (nSPS) is 15.1. The molecule has 1 aliphatic rings. The maximum absolute atomic E-state index is 13.6. The van der Waals surface area contributed by atoms with E-state index >= 15 is 0 Å². The highest BCUT2D eigenvalue weighted by Gasteiger charge is 2.47. The van der Waals surface area contributed by atoms with Crippen LogP contribution in [0.1, 0.15) is 34.6 Å². The number of halogens is 3. The van der Waals surface area contributed by atoms with Crippen molar-refractivity contribution in [2.24, 2.45) is 0 Å². The Labute approximate surface area is 181 Å². The molecule has 4 rings (SSSR count). The number of alkyl halides is 3. The van der Waals surface area contributed by atoms with Crippen LogP contribution in [0.25, 0.3) is 0 Å². The second kappa shape index (κ2) is 8.07. The average molecular weight is 443 g/mol. The minimum Gasteiger partial charge on any atom is -0.502 e. The number of pyridine rings is 1. The molecule has 0 aliphatic carbocycles. The van der Waals surface area contributed by atoms with Crippen molar-refractivity contribution in [1.82, 2.24) is 9.58 Å². The fraction of sp³-hybridized carbons (Fsp3) is 0.217. The van der Waals surface area contributed by atoms with Crippen LogP contribution in [0, 0.1) is 0 Å². The van der Waals surface area contributed by atoms with Gasteiger partial charge in [-0.05, 0) is 18.1 Å². The van der Waals surface area contributed by atoms with Crippen molar-refractivity contribution >= 4 is 5.91 Å². The van der Waals surface area contributed by atoms with Gasteiger partial charge in [0.1, 0.15) is 12.7 Å². The fourth-order valence-corrected chi connectivity index (χ4v) is 3.84. The third kappa shape index (κ3) is 3.70. The molecule has 1 N–H and O–H groups in total. The number of amides is 1. The Morgan fingerprint density at radius 1 is 0.906 bits per heavy atom. The molecule has 0 saturated heterocycles. The molecule has 6 nitrogen and oxygen atoms in total. The summed E-state index contributed by atoms with van der Waals surface area (Å²) >= 11 is 0. The number of hydrogen-bond acceptors (Lipinski definition) is 4. The Kier molecular flexibility index (Phi) is 5.41. The summed E-state index contributed by atoms with van der Waals surface area (Å²) < 4.78 is 42.0. The van der Waals surface area contributed by atoms with Crippen LogP contribution >= 0.6 is 0 Å². The van der Waals surface area contributed by atoms with Crippen LogP contribution in [-0.2, 0) is 0 Å². The molecule has 0 spiro atoms. The molecule has 1 aromatic heterocycles. The third-order valence-corrected chi connectivity index (χ3v) is 5.56. The smallest absolute Gasteiger partial charge is 0.408 e. The molecular weight excluding hydrogens is 423 g/mol. The van der Waals surface area contributed by atoms with Crippen molar-refractivity contribution in [2.75, 3.05) is 11.7 Å². The van der Waals surface area contributed by atoms with Gasteiger partial charge < -0.3 is 10.0 Å². The number of aromatic hydroxyl groups is 1. The molecular formula is C23H20F3N3O3. The van der Waals surface area contributed by atoms with Gasteiger partial charge in [-0.2, -0.15) is 13.2 Å². The quantitative estimate of drug-likeness (QED) is 0.669. The van der Waals surface area contributed by atoms with Crippen LogP contribution in [0.2, 0.25) is 0 Å². The second-order valence-electron chi connectivity index (χ2n) is 7.52. The van der Waals surface area contributed by atoms with Crippen molar-refractivity contribution in [3.8, 4) is 5.75 Å². The SMILES string of the molecule is C[C@@H](N1CN(C(c2ccccc2)c2ccccc2)n2ccc(=O)c(O)c2C1=O)C(F)(F)F. The molecule has 166 valence electrons. The summed E-state index contributed by atoms with van der Waals surface area (Å²) in [4.78, 5) is 25.7. The van der Waals surface area contributed by atoms with Gasteiger partial charge >= 0.3 is 6.18 Å². The third-order valence-electron chi connectivity index (χ3n) is 5.56. The second-order valence-corrected chi connectivity index (χ2v) is 7.52. The molecule has 2 aromatic carbocycles. The zero-order valence-electron chi connectivity index (χ0n) is 17.0. The molecule has 9 heteroatoms. The molecule has 0 fully saturated rings. The Balaban J connectivity index is 1.95. The van der Waals surface area contributed by atoms with Gasteiger partial charge in [0.25, 0.3) is 5.91 Å². The van der Waals surface area contributed by atoms with Gasteiger partial charge in [-0.15, -0.1) is 0 Å². The number of rotatable bonds is 4. The number of carbonyl (C=O) groups is 1. The van der Waals surface area contributed by atoms with Gasteiger partial charge in [0.15, 0.2) is 11.4 Å². The van der Waals surface area contributed by atoms with E-state index in [2.05, 4.69) is 0 Å². The van der Waals surface area contributed by atoms with Crippen LogP contribution in [0.4, 0.5) is 13.2 Å². The fourth-order valence-electron chi connectivity index (χ4n) is 3.84. The van der Waals surface area contributed by atoms with E-state index in [0.717, 1.165) is 24.1 Å². The van der Waals surface area contributed by atoms with Gasteiger partial charge in [-0.1, -0.05) is 60.7 Å². The summed E-state index contributed by atoms with van der Waals surface area (Å²) in [5.41, 5.74) is 0.173. The zero-order chi connectivity index (χ0) is 23.0. The van der Waals surface area contributed by atoms with E-state index in [1.54, 1.807) is 24.3 Å². The minimum absolute atomic E-state index is 0.413. The number of aromatic nitrogens is 1. The highest BCUT2D eigenvalue weighted by Crippen LogP contribution is 2.34. The van der Waals surface area contributed by atoms with E-state index < -0.39 is 47.7 Å². The van der Waals surface area contributed by atoms with Crippen LogP contribution in [-0.4, -0.2) is 39.5 Å². The monoisotopic (exact) mass is 443 g/mol. The van der Waals surface area contributed by atoms with E-state index in [1.165, 1.54) is 15.9 Å². The highest BCUT2D eigenvalue weighted by molar-refractivity contribution is 5.96. The standard InChI is InChI=1S/C23H20F3N3O3/c1-15(23(24,25)26)27-14-29(28-13-12-18(30)21(31)20(28)22(27)32)19(16-8-4-2-5-9-16)17-10-6-3-7-11-17/h2-13,15,19,31H,14H2,1H3/t15-/m1/s1. The molecule has 1 amide bonds. The lowest BCUT2D eigenvalue weighted by atomic mass is 9.98. The molecule has 2 heterocycles. The summed E-state index contributed by atoms with van der Waals surface area (Å²) in [5, 5.41) is 11.9.